The molecule has 2 aromatic heterocycles. The van der Waals surface area contributed by atoms with Crippen LogP contribution in [-0.4, -0.2) is 49.4 Å². The molecule has 2 aromatic carbocycles. The van der Waals surface area contributed by atoms with Crippen molar-refractivity contribution >= 4 is 16.7 Å². The van der Waals surface area contributed by atoms with Gasteiger partial charge in [-0.1, -0.05) is 37.6 Å². The number of aryl methyl sites for hydroxylation is 1. The number of hydrogen-bond acceptors (Lipinski definition) is 7. The van der Waals surface area contributed by atoms with Crippen LogP contribution < -0.4 is 15.8 Å². The molecule has 0 saturated carbocycles. The fourth-order valence-electron chi connectivity index (χ4n) is 5.90. The minimum Gasteiger partial charge on any atom is -0.504 e. The number of phenols is 1. The first-order valence-electron chi connectivity index (χ1n) is 14.9. The molecule has 1 aliphatic heterocycles. The van der Waals surface area contributed by atoms with Gasteiger partial charge in [0, 0.05) is 43.4 Å². The number of hydrogen-bond donors (Lipinski definition) is 6. The number of nitrogens with two attached hydrogens (primary N) is 1. The molecule has 9 nitrogen and oxygen atoms in total. The Bertz CT molecular complexity index is 1510. The van der Waals surface area contributed by atoms with Crippen molar-refractivity contribution in [2.45, 2.75) is 83.4 Å². The average molecular weight is 575 g/mol. The Morgan fingerprint density at radius 2 is 2.02 bits per heavy atom. The number of carbonyl (C=O) groups is 1. The Balaban J connectivity index is 1.18. The number of aliphatic hydroxyl groups excluding tert-OH is 2. The molecule has 7 N–H and O–H groups in total. The van der Waals surface area contributed by atoms with Crippen molar-refractivity contribution in [1.29, 1.82) is 0 Å². The third kappa shape index (κ3) is 7.22. The van der Waals surface area contributed by atoms with Crippen LogP contribution >= 0.6 is 0 Å². The molecule has 3 unspecified atom stereocenters. The van der Waals surface area contributed by atoms with Gasteiger partial charge in [-0.25, -0.2) is 0 Å². The van der Waals surface area contributed by atoms with Crippen LogP contribution in [0.1, 0.15) is 73.0 Å². The molecule has 0 fully saturated rings. The van der Waals surface area contributed by atoms with Crippen LogP contribution in [0.4, 0.5) is 0 Å². The topological polar surface area (TPSA) is 146 Å². The molecule has 224 valence electrons. The van der Waals surface area contributed by atoms with Crippen molar-refractivity contribution in [1.82, 2.24) is 14.9 Å². The van der Waals surface area contributed by atoms with Crippen LogP contribution in [0.5, 0.6) is 11.5 Å². The molecule has 0 bridgehead atoms. The van der Waals surface area contributed by atoms with Crippen molar-refractivity contribution in [2.24, 2.45) is 5.73 Å². The van der Waals surface area contributed by atoms with Crippen molar-refractivity contribution in [2.75, 3.05) is 6.54 Å². The molecule has 9 heteroatoms. The molecule has 0 saturated heterocycles. The van der Waals surface area contributed by atoms with E-state index in [1.54, 1.807) is 18.2 Å². The minimum atomic E-state index is -0.834. The quantitative estimate of drug-likeness (QED) is 0.132. The van der Waals surface area contributed by atoms with E-state index in [1.807, 2.05) is 23.9 Å². The molecule has 0 amide bonds. The fourth-order valence-corrected chi connectivity index (χ4v) is 5.90. The van der Waals surface area contributed by atoms with Crippen LogP contribution in [0.2, 0.25) is 0 Å². The van der Waals surface area contributed by atoms with E-state index in [1.165, 1.54) is 22.3 Å². The Morgan fingerprint density at radius 1 is 1.17 bits per heavy atom. The summed E-state index contributed by atoms with van der Waals surface area (Å²) in [6.45, 7) is 3.06. The summed E-state index contributed by atoms with van der Waals surface area (Å²) in [5.41, 5.74) is 13.1. The largest absolute Gasteiger partial charge is 0.504 e. The number of fused-ring (bicyclic) bond motifs is 2. The number of ether oxygens (including phenoxy) is 1. The molecule has 0 radical (unpaired) electrons. The molecule has 0 spiro atoms. The lowest BCUT2D eigenvalue weighted by Crippen LogP contribution is -2.35. The predicted molar refractivity (Wildman–Crippen MR) is 162 cm³/mol. The van der Waals surface area contributed by atoms with E-state index in [0.29, 0.717) is 18.6 Å². The van der Waals surface area contributed by atoms with Gasteiger partial charge in [-0.2, -0.15) is 0 Å². The number of Topliss-reactive ketones (excluding diaryl/α,β-unsaturated/α-hetero) is 1. The van der Waals surface area contributed by atoms with Gasteiger partial charge in [-0.05, 0) is 72.1 Å². The van der Waals surface area contributed by atoms with E-state index < -0.39 is 12.2 Å². The van der Waals surface area contributed by atoms with Gasteiger partial charge in [-0.3, -0.25) is 10.1 Å². The highest BCUT2D eigenvalue weighted by molar-refractivity contribution is 5.83. The second kappa shape index (κ2) is 13.6. The maximum absolute atomic E-state index is 12.4. The lowest BCUT2D eigenvalue weighted by molar-refractivity contribution is -0.121. The van der Waals surface area contributed by atoms with Crippen molar-refractivity contribution in [3.8, 4) is 11.5 Å². The highest BCUT2D eigenvalue weighted by Gasteiger charge is 2.20. The summed E-state index contributed by atoms with van der Waals surface area (Å²) in [6.07, 6.45) is 8.74. The lowest BCUT2D eigenvalue weighted by atomic mass is 9.90. The van der Waals surface area contributed by atoms with Crippen LogP contribution in [0, 0.1) is 0 Å². The number of aromatic amines is 1. The summed E-state index contributed by atoms with van der Waals surface area (Å²) in [4.78, 5) is 15.7. The van der Waals surface area contributed by atoms with Gasteiger partial charge in [0.15, 0.2) is 18.2 Å². The van der Waals surface area contributed by atoms with Crippen LogP contribution in [0.15, 0.2) is 55.0 Å². The summed E-state index contributed by atoms with van der Waals surface area (Å²) in [6, 6.07) is 11.5. The molecule has 42 heavy (non-hydrogen) atoms. The molecular weight excluding hydrogens is 532 g/mol. The number of aromatic nitrogens is 2. The molecule has 0 aliphatic carbocycles. The molecular formula is C33H42N4O5. The third-order valence-corrected chi connectivity index (χ3v) is 8.11. The zero-order chi connectivity index (χ0) is 29.6. The van der Waals surface area contributed by atoms with Crippen LogP contribution in [-0.2, 0) is 30.8 Å². The predicted octanol–water partition coefficient (Wildman–Crippen LogP) is 4.21. The van der Waals surface area contributed by atoms with Crippen LogP contribution in [0.3, 0.4) is 0 Å². The van der Waals surface area contributed by atoms with E-state index in [-0.39, 0.29) is 43.7 Å². The Kier molecular flexibility index (Phi) is 9.64. The van der Waals surface area contributed by atoms with Crippen LogP contribution in [0.25, 0.3) is 10.9 Å². The maximum atomic E-state index is 12.4. The van der Waals surface area contributed by atoms with E-state index in [9.17, 15) is 20.1 Å². The second-order valence-corrected chi connectivity index (χ2v) is 11.4. The monoisotopic (exact) mass is 574 g/mol. The van der Waals surface area contributed by atoms with Gasteiger partial charge in [-0.15, -0.1) is 0 Å². The molecule has 3 heterocycles. The third-order valence-electron chi connectivity index (χ3n) is 8.11. The SMILES string of the molecule is CCCC(O)CC(O)CC(=O)CCc1ccc(O)c(OCn2cc3[nH]cc(Cc4cccc5c4CCNC5N)c3c2)c1. The van der Waals surface area contributed by atoms with Gasteiger partial charge in [0.25, 0.3) is 0 Å². The number of carbonyl (C=O) groups excluding carboxylic acids is 1. The Morgan fingerprint density at radius 3 is 2.86 bits per heavy atom. The Hall–Kier alpha value is -3.63. The van der Waals surface area contributed by atoms with E-state index in [0.717, 1.165) is 42.3 Å². The number of H-pyrrole nitrogens is 1. The smallest absolute Gasteiger partial charge is 0.165 e. The minimum absolute atomic E-state index is 0.0302. The molecule has 5 rings (SSSR count). The van der Waals surface area contributed by atoms with Gasteiger partial charge < -0.3 is 35.3 Å². The van der Waals surface area contributed by atoms with Crippen molar-refractivity contribution in [3.63, 3.8) is 0 Å². The first-order valence-corrected chi connectivity index (χ1v) is 14.9. The van der Waals surface area contributed by atoms with Crippen molar-refractivity contribution in [3.05, 3.63) is 82.8 Å². The Labute approximate surface area is 246 Å². The zero-order valence-corrected chi connectivity index (χ0v) is 24.2. The standard InChI is InChI=1S/C33H42N4O5/c1-2-4-24(38)15-26(40)16-25(39)9-7-21-8-10-31(41)32(13-21)42-20-37-18-29-23(17-36-30(29)19-37)14-22-5-3-6-28-27(22)11-12-35-33(28)34/h3,5-6,8,10,13,17-19,24,26,33,35-36,38,40-41H,2,4,7,9,11-12,14-16,20,34H2,1H3. The highest BCUT2D eigenvalue weighted by Crippen LogP contribution is 2.30. The van der Waals surface area contributed by atoms with Gasteiger partial charge in [0.2, 0.25) is 0 Å². The molecule has 3 atom stereocenters. The summed E-state index contributed by atoms with van der Waals surface area (Å²) in [5, 5.41) is 34.8. The van der Waals surface area contributed by atoms with E-state index >= 15 is 0 Å². The molecule has 4 aromatic rings. The first-order chi connectivity index (χ1) is 20.3. The number of aromatic hydroxyl groups is 1. The average Bonchev–Trinajstić information content (AvgIpc) is 3.53. The van der Waals surface area contributed by atoms with E-state index in [4.69, 9.17) is 10.5 Å². The number of aliphatic hydroxyl groups is 2. The summed E-state index contributed by atoms with van der Waals surface area (Å²) < 4.78 is 7.91. The maximum Gasteiger partial charge on any atom is 0.165 e. The number of nitrogens with zero attached hydrogens (tertiary/aromatic N) is 1. The summed E-state index contributed by atoms with van der Waals surface area (Å²) in [5.74, 6) is 0.321. The molecule has 1 aliphatic rings. The normalized spacial score (nSPS) is 16.3. The number of ketones is 1. The summed E-state index contributed by atoms with van der Waals surface area (Å²) in [7, 11) is 0. The summed E-state index contributed by atoms with van der Waals surface area (Å²) >= 11 is 0. The van der Waals surface area contributed by atoms with Crippen molar-refractivity contribution < 1.29 is 24.9 Å². The number of phenolic OH excluding ortho intramolecular Hbond substituents is 1. The highest BCUT2D eigenvalue weighted by atomic mass is 16.5. The number of nitrogens with one attached hydrogen (secondary N) is 2. The lowest BCUT2D eigenvalue weighted by Gasteiger charge is -2.25. The van der Waals surface area contributed by atoms with Gasteiger partial charge >= 0.3 is 0 Å². The van der Waals surface area contributed by atoms with E-state index in [2.05, 4.69) is 34.7 Å². The number of benzene rings is 2. The fraction of sp³-hybridized carbons (Fsp3) is 0.424. The van der Waals surface area contributed by atoms with Gasteiger partial charge in [0.1, 0.15) is 5.78 Å². The second-order valence-electron chi connectivity index (χ2n) is 11.4. The first kappa shape index (κ1) is 29.8. The zero-order valence-electron chi connectivity index (χ0n) is 24.2. The number of rotatable bonds is 14. The van der Waals surface area contributed by atoms with Gasteiger partial charge in [0.05, 0.1) is 23.9 Å².